The van der Waals surface area contributed by atoms with Crippen LogP contribution in [0.2, 0.25) is 0 Å². The molecule has 0 saturated heterocycles. The van der Waals surface area contributed by atoms with Gasteiger partial charge in [0, 0.05) is 5.69 Å². The van der Waals surface area contributed by atoms with E-state index in [1.54, 1.807) is 24.3 Å². The van der Waals surface area contributed by atoms with E-state index in [0.717, 1.165) is 39.7 Å². The van der Waals surface area contributed by atoms with Crippen molar-refractivity contribution in [2.24, 2.45) is 0 Å². The average Bonchev–Trinajstić information content (AvgIpc) is 2.75. The minimum atomic E-state index is -4.19. The number of anilines is 2. The van der Waals surface area contributed by atoms with Crippen LogP contribution in [0.3, 0.4) is 0 Å². The van der Waals surface area contributed by atoms with Gasteiger partial charge >= 0.3 is 0 Å². The van der Waals surface area contributed by atoms with E-state index in [0.29, 0.717) is 5.69 Å². The van der Waals surface area contributed by atoms with Gasteiger partial charge in [0.2, 0.25) is 5.91 Å². The molecule has 0 aliphatic carbocycles. The number of ether oxygens (including phenoxy) is 1. The summed E-state index contributed by atoms with van der Waals surface area (Å²) >= 11 is 0. The van der Waals surface area contributed by atoms with Gasteiger partial charge in [-0.05, 0) is 61.4 Å². The Bertz CT molecular complexity index is 1170. The van der Waals surface area contributed by atoms with Gasteiger partial charge in [-0.15, -0.1) is 0 Å². The van der Waals surface area contributed by atoms with Gasteiger partial charge in [0.1, 0.15) is 18.1 Å². The average molecular weight is 443 g/mol. The Morgan fingerprint density at radius 2 is 1.58 bits per heavy atom. The number of nitrogens with one attached hydrogen (secondary N) is 1. The summed E-state index contributed by atoms with van der Waals surface area (Å²) in [4.78, 5) is 12.8. The molecule has 8 heteroatoms. The lowest BCUT2D eigenvalue weighted by molar-refractivity contribution is -0.114. The van der Waals surface area contributed by atoms with Crippen molar-refractivity contribution in [2.45, 2.75) is 18.7 Å². The van der Waals surface area contributed by atoms with E-state index in [4.69, 9.17) is 4.74 Å². The molecule has 0 bridgehead atoms. The van der Waals surface area contributed by atoms with E-state index < -0.39 is 28.3 Å². The fraction of sp³-hybridized carbons (Fsp3) is 0.174. The summed E-state index contributed by atoms with van der Waals surface area (Å²) in [7, 11) is -2.77. The summed E-state index contributed by atoms with van der Waals surface area (Å²) in [5, 5.41) is 2.80. The summed E-state index contributed by atoms with van der Waals surface area (Å²) in [5.74, 6) is -0.794. The van der Waals surface area contributed by atoms with Gasteiger partial charge in [-0.3, -0.25) is 9.10 Å². The molecule has 0 aromatic heterocycles. The zero-order valence-corrected chi connectivity index (χ0v) is 18.2. The predicted molar refractivity (Wildman–Crippen MR) is 118 cm³/mol. The second-order valence-corrected chi connectivity index (χ2v) is 8.81. The lowest BCUT2D eigenvalue weighted by Gasteiger charge is -2.26. The van der Waals surface area contributed by atoms with E-state index in [9.17, 15) is 17.6 Å². The molecule has 31 heavy (non-hydrogen) atoms. The number of amides is 1. The maximum Gasteiger partial charge on any atom is 0.264 e. The van der Waals surface area contributed by atoms with E-state index in [1.807, 2.05) is 32.0 Å². The third-order valence-corrected chi connectivity index (χ3v) is 6.56. The Labute approximate surface area is 181 Å². The maximum absolute atomic E-state index is 13.4. The third kappa shape index (κ3) is 4.86. The number of sulfonamides is 1. The summed E-state index contributed by atoms with van der Waals surface area (Å²) in [6.45, 7) is 3.22. The Hall–Kier alpha value is -3.39. The van der Waals surface area contributed by atoms with Crippen LogP contribution in [0.25, 0.3) is 0 Å². The number of rotatable bonds is 7. The quantitative estimate of drug-likeness (QED) is 0.592. The molecule has 0 aliphatic heterocycles. The Kier molecular flexibility index (Phi) is 6.60. The molecule has 0 aliphatic rings. The number of aryl methyl sites for hydroxylation is 2. The summed E-state index contributed by atoms with van der Waals surface area (Å²) in [6, 6.07) is 16.5. The molecular formula is C23H23FN2O4S. The molecule has 1 N–H and O–H groups in total. The monoisotopic (exact) mass is 442 g/mol. The highest BCUT2D eigenvalue weighted by molar-refractivity contribution is 7.92. The van der Waals surface area contributed by atoms with Crippen LogP contribution in [0, 0.1) is 19.7 Å². The lowest BCUT2D eigenvalue weighted by Crippen LogP contribution is -2.38. The smallest absolute Gasteiger partial charge is 0.264 e. The van der Waals surface area contributed by atoms with E-state index in [2.05, 4.69) is 5.32 Å². The molecule has 6 nitrogen and oxygen atoms in total. The molecule has 3 aromatic rings. The van der Waals surface area contributed by atoms with Crippen LogP contribution in [0.4, 0.5) is 15.8 Å². The number of halogens is 1. The zero-order valence-electron chi connectivity index (χ0n) is 17.4. The van der Waals surface area contributed by atoms with Gasteiger partial charge in [0.15, 0.2) is 0 Å². The van der Waals surface area contributed by atoms with Crippen LogP contribution in [0.1, 0.15) is 11.1 Å². The van der Waals surface area contributed by atoms with E-state index in [1.165, 1.54) is 7.11 Å². The van der Waals surface area contributed by atoms with Crippen LogP contribution in [-0.2, 0) is 14.8 Å². The first-order valence-electron chi connectivity index (χ1n) is 9.51. The summed E-state index contributed by atoms with van der Waals surface area (Å²) in [5.41, 5.74) is 2.55. The molecule has 3 rings (SSSR count). The summed E-state index contributed by atoms with van der Waals surface area (Å²) in [6.07, 6.45) is 0. The van der Waals surface area contributed by atoms with Gasteiger partial charge < -0.3 is 10.1 Å². The molecule has 162 valence electrons. The van der Waals surface area contributed by atoms with Crippen molar-refractivity contribution in [3.8, 4) is 5.75 Å². The number of para-hydroxylation sites is 3. The van der Waals surface area contributed by atoms with Crippen LogP contribution >= 0.6 is 0 Å². The second kappa shape index (κ2) is 9.18. The predicted octanol–water partition coefficient (Wildman–Crippen LogP) is 4.29. The van der Waals surface area contributed by atoms with Gasteiger partial charge in [-0.25, -0.2) is 12.8 Å². The first-order chi connectivity index (χ1) is 14.7. The van der Waals surface area contributed by atoms with Gasteiger partial charge in [-0.1, -0.05) is 30.3 Å². The SMILES string of the molecule is COc1ccccc1N(CC(=O)Nc1c(C)cccc1C)S(=O)(=O)c1ccc(F)cc1. The highest BCUT2D eigenvalue weighted by Gasteiger charge is 2.29. The Morgan fingerprint density at radius 1 is 0.968 bits per heavy atom. The second-order valence-electron chi connectivity index (χ2n) is 6.95. The van der Waals surface area contributed by atoms with Gasteiger partial charge in [-0.2, -0.15) is 0 Å². The van der Waals surface area contributed by atoms with Crippen molar-refractivity contribution in [1.82, 2.24) is 0 Å². The minimum absolute atomic E-state index is 0.139. The van der Waals surface area contributed by atoms with Crippen molar-refractivity contribution in [3.05, 3.63) is 83.7 Å². The topological polar surface area (TPSA) is 75.7 Å². The fourth-order valence-corrected chi connectivity index (χ4v) is 4.62. The summed E-state index contributed by atoms with van der Waals surface area (Å²) < 4.78 is 46.4. The molecule has 3 aromatic carbocycles. The van der Waals surface area contributed by atoms with Gasteiger partial charge in [0.25, 0.3) is 10.0 Å². The van der Waals surface area contributed by atoms with Crippen molar-refractivity contribution >= 4 is 27.3 Å². The van der Waals surface area contributed by atoms with Crippen LogP contribution in [-0.4, -0.2) is 28.0 Å². The first kappa shape index (κ1) is 22.3. The highest BCUT2D eigenvalue weighted by Crippen LogP contribution is 2.32. The standard InChI is InChI=1S/C23H23FN2O4S/c1-16-7-6-8-17(2)23(16)25-22(27)15-26(20-9-4-5-10-21(20)30-3)31(28,29)19-13-11-18(24)12-14-19/h4-14H,15H2,1-3H3,(H,25,27). The van der Waals surface area contributed by atoms with Crippen LogP contribution in [0.15, 0.2) is 71.6 Å². The van der Waals surface area contributed by atoms with Crippen molar-refractivity contribution in [3.63, 3.8) is 0 Å². The molecule has 0 fully saturated rings. The number of hydrogen-bond acceptors (Lipinski definition) is 4. The number of hydrogen-bond donors (Lipinski definition) is 1. The molecular weight excluding hydrogens is 419 g/mol. The number of methoxy groups -OCH3 is 1. The number of nitrogens with zero attached hydrogens (tertiary/aromatic N) is 1. The number of carbonyl (C=O) groups is 1. The number of benzene rings is 3. The Balaban J connectivity index is 2.02. The van der Waals surface area contributed by atoms with Crippen molar-refractivity contribution < 1.29 is 22.3 Å². The van der Waals surface area contributed by atoms with Crippen molar-refractivity contribution in [1.29, 1.82) is 0 Å². The molecule has 0 heterocycles. The molecule has 0 atom stereocenters. The van der Waals surface area contributed by atoms with Crippen LogP contribution < -0.4 is 14.4 Å². The van der Waals surface area contributed by atoms with E-state index >= 15 is 0 Å². The zero-order chi connectivity index (χ0) is 22.6. The van der Waals surface area contributed by atoms with Crippen LogP contribution in [0.5, 0.6) is 5.75 Å². The number of carbonyl (C=O) groups excluding carboxylic acids is 1. The molecule has 0 radical (unpaired) electrons. The van der Waals surface area contributed by atoms with E-state index in [-0.39, 0.29) is 16.3 Å². The highest BCUT2D eigenvalue weighted by atomic mass is 32.2. The van der Waals surface area contributed by atoms with Gasteiger partial charge in [0.05, 0.1) is 17.7 Å². The largest absolute Gasteiger partial charge is 0.495 e. The molecule has 0 unspecified atom stereocenters. The lowest BCUT2D eigenvalue weighted by atomic mass is 10.1. The first-order valence-corrected chi connectivity index (χ1v) is 11.0. The molecule has 1 amide bonds. The molecule has 0 saturated carbocycles. The maximum atomic E-state index is 13.4. The molecule has 0 spiro atoms. The fourth-order valence-electron chi connectivity index (χ4n) is 3.19. The Morgan fingerprint density at radius 3 is 2.19 bits per heavy atom. The minimum Gasteiger partial charge on any atom is -0.495 e. The third-order valence-electron chi connectivity index (χ3n) is 4.79. The normalized spacial score (nSPS) is 11.1. The van der Waals surface area contributed by atoms with Crippen molar-refractivity contribution in [2.75, 3.05) is 23.3 Å².